The molecule has 0 radical (unpaired) electrons. The number of hydrogen-bond donors (Lipinski definition) is 2. The average molecular weight is 629 g/mol. The molecule has 1 unspecified atom stereocenters. The molecule has 0 aliphatic heterocycles. The first kappa shape index (κ1) is 31.8. The van der Waals surface area contributed by atoms with Gasteiger partial charge in [-0.3, -0.25) is 14.6 Å². The maximum Gasteiger partial charge on any atom is 0.418 e. The van der Waals surface area contributed by atoms with Gasteiger partial charge in [0.15, 0.2) is 0 Å². The molecule has 1 aliphatic carbocycles. The average Bonchev–Trinajstić information content (AvgIpc) is 3.37. The zero-order chi connectivity index (χ0) is 32.5. The Bertz CT molecular complexity index is 1730. The number of halogens is 6. The van der Waals surface area contributed by atoms with Crippen LogP contribution in [-0.2, 0) is 30.2 Å². The van der Waals surface area contributed by atoms with Crippen molar-refractivity contribution in [2.75, 3.05) is 0 Å². The van der Waals surface area contributed by atoms with Crippen LogP contribution in [0.2, 0.25) is 0 Å². The number of nitrogens with zero attached hydrogens (tertiary/aromatic N) is 2. The Kier molecular flexibility index (Phi) is 9.03. The highest BCUT2D eigenvalue weighted by Gasteiger charge is 2.39. The molecule has 5 rings (SSSR count). The van der Waals surface area contributed by atoms with Gasteiger partial charge in [-0.25, -0.2) is 13.2 Å². The molecular weight excluding hydrogens is 598 g/mol. The molecular formula is C33H30F6N4O2. The summed E-state index contributed by atoms with van der Waals surface area (Å²) in [6.45, 7) is 1.68. The third-order valence-corrected chi connectivity index (χ3v) is 8.06. The number of aromatic nitrogens is 2. The van der Waals surface area contributed by atoms with Crippen LogP contribution in [0, 0.1) is 17.5 Å². The number of carbonyl (C=O) groups excluding carboxylic acids is 2. The van der Waals surface area contributed by atoms with E-state index >= 15 is 0 Å². The summed E-state index contributed by atoms with van der Waals surface area (Å²) in [5.74, 6) is -4.14. The minimum atomic E-state index is -4.59. The summed E-state index contributed by atoms with van der Waals surface area (Å²) in [5.41, 5.74) is 5.96. The summed E-state index contributed by atoms with van der Waals surface area (Å²) in [5, 5.41) is 2.87. The Morgan fingerprint density at radius 2 is 1.73 bits per heavy atom. The van der Waals surface area contributed by atoms with Crippen LogP contribution in [-0.4, -0.2) is 21.4 Å². The quantitative estimate of drug-likeness (QED) is 0.195. The number of nitrogens with two attached hydrogens (primary N) is 1. The number of benzene rings is 2. The van der Waals surface area contributed by atoms with E-state index in [2.05, 4.69) is 10.3 Å². The van der Waals surface area contributed by atoms with Gasteiger partial charge < -0.3 is 15.6 Å². The lowest BCUT2D eigenvalue weighted by atomic mass is 9.93. The minimum Gasteiger partial charge on any atom is -0.366 e. The molecule has 2 aromatic heterocycles. The van der Waals surface area contributed by atoms with Gasteiger partial charge in [-0.2, -0.15) is 13.2 Å². The summed E-state index contributed by atoms with van der Waals surface area (Å²) < 4.78 is 86.0. The van der Waals surface area contributed by atoms with E-state index in [1.807, 2.05) is 0 Å². The topological polar surface area (TPSA) is 90.0 Å². The van der Waals surface area contributed by atoms with Crippen LogP contribution in [0.5, 0.6) is 0 Å². The molecule has 0 bridgehead atoms. The molecule has 4 aromatic rings. The maximum absolute atomic E-state index is 14.3. The monoisotopic (exact) mass is 628 g/mol. The van der Waals surface area contributed by atoms with E-state index in [1.165, 1.54) is 22.9 Å². The number of hydrogen-bond acceptors (Lipinski definition) is 3. The van der Waals surface area contributed by atoms with E-state index in [9.17, 15) is 35.9 Å². The second-order valence-electron chi connectivity index (χ2n) is 11.0. The van der Waals surface area contributed by atoms with Gasteiger partial charge in [-0.1, -0.05) is 19.1 Å². The lowest BCUT2D eigenvalue weighted by molar-refractivity contribution is -0.138. The number of alkyl halides is 3. The van der Waals surface area contributed by atoms with Crippen LogP contribution in [0.15, 0.2) is 60.9 Å². The lowest BCUT2D eigenvalue weighted by Gasteiger charge is -2.26. The first-order valence-electron chi connectivity index (χ1n) is 14.5. The fraction of sp³-hybridized carbons (Fsp3) is 0.303. The van der Waals surface area contributed by atoms with Crippen LogP contribution in [0.1, 0.15) is 76.7 Å². The number of fused-ring (bicyclic) bond motifs is 1. The van der Waals surface area contributed by atoms with Gasteiger partial charge in [0, 0.05) is 29.7 Å². The molecule has 2 heterocycles. The predicted molar refractivity (Wildman–Crippen MR) is 154 cm³/mol. The summed E-state index contributed by atoms with van der Waals surface area (Å²) >= 11 is 0. The molecule has 12 heteroatoms. The molecule has 2 aromatic carbocycles. The molecule has 0 fully saturated rings. The van der Waals surface area contributed by atoms with E-state index in [0.717, 1.165) is 24.4 Å². The largest absolute Gasteiger partial charge is 0.418 e. The second-order valence-corrected chi connectivity index (χ2v) is 11.0. The van der Waals surface area contributed by atoms with Crippen LogP contribution in [0.25, 0.3) is 11.1 Å². The van der Waals surface area contributed by atoms with Crippen molar-refractivity contribution in [2.45, 2.75) is 63.7 Å². The predicted octanol–water partition coefficient (Wildman–Crippen LogP) is 7.02. The minimum absolute atomic E-state index is 0.150. The van der Waals surface area contributed by atoms with Crippen molar-refractivity contribution in [1.29, 1.82) is 0 Å². The van der Waals surface area contributed by atoms with E-state index in [0.29, 0.717) is 42.1 Å². The molecule has 0 saturated carbocycles. The van der Waals surface area contributed by atoms with Crippen molar-refractivity contribution in [3.8, 4) is 11.1 Å². The van der Waals surface area contributed by atoms with E-state index < -0.39 is 53.1 Å². The molecule has 2 atom stereocenters. The van der Waals surface area contributed by atoms with Gasteiger partial charge >= 0.3 is 6.18 Å². The zero-order valence-electron chi connectivity index (χ0n) is 24.2. The molecule has 1 aliphatic rings. The number of nitrogens with one attached hydrogen (secondary N) is 1. The van der Waals surface area contributed by atoms with Crippen molar-refractivity contribution in [2.24, 2.45) is 5.73 Å². The molecule has 3 N–H and O–H groups in total. The van der Waals surface area contributed by atoms with Gasteiger partial charge in [-0.05, 0) is 85.5 Å². The SMILES string of the molecule is CCC(C(=O)N[C@@H](Cc1cc(F)cc(F)c1)c1ncccc1-c1ccc(F)c(C(N)=O)c1)n1cc(C(F)(F)F)c2c1CCCC2. The Balaban J connectivity index is 1.58. The van der Waals surface area contributed by atoms with Gasteiger partial charge in [0.25, 0.3) is 5.91 Å². The van der Waals surface area contributed by atoms with Crippen LogP contribution < -0.4 is 11.1 Å². The first-order valence-corrected chi connectivity index (χ1v) is 14.5. The standard InChI is InChI=1S/C33H30F6N4O2/c1-2-28(43-17-25(33(37,38)39)23-6-3-4-8-29(23)43)32(45)42-27(14-18-12-20(34)16-21(35)13-18)30-22(7-5-11-41-30)19-9-10-26(36)24(15-19)31(40)44/h5,7,9-13,15-17,27-28H,2-4,6,8,14H2,1H3,(H2,40,44)(H,42,45)/t27-,28?/m0/s1. The third kappa shape index (κ3) is 6.74. The van der Waals surface area contributed by atoms with E-state index in [-0.39, 0.29) is 41.6 Å². The fourth-order valence-corrected chi connectivity index (χ4v) is 6.06. The molecule has 236 valence electrons. The number of carbonyl (C=O) groups is 2. The Labute approximate surface area is 255 Å². The van der Waals surface area contributed by atoms with Crippen molar-refractivity contribution in [1.82, 2.24) is 14.9 Å². The van der Waals surface area contributed by atoms with E-state index in [1.54, 1.807) is 19.1 Å². The summed E-state index contributed by atoms with van der Waals surface area (Å²) in [7, 11) is 0. The number of rotatable bonds is 9. The van der Waals surface area contributed by atoms with Crippen LogP contribution >= 0.6 is 0 Å². The van der Waals surface area contributed by atoms with Gasteiger partial charge in [0.1, 0.15) is 23.5 Å². The smallest absolute Gasteiger partial charge is 0.366 e. The van der Waals surface area contributed by atoms with Gasteiger partial charge in [0.2, 0.25) is 5.91 Å². The molecule has 0 saturated heterocycles. The Morgan fingerprint density at radius 1 is 1.02 bits per heavy atom. The van der Waals surface area contributed by atoms with Crippen molar-refractivity contribution in [3.05, 3.63) is 112 Å². The highest BCUT2D eigenvalue weighted by Crippen LogP contribution is 2.39. The third-order valence-electron chi connectivity index (χ3n) is 8.06. The summed E-state index contributed by atoms with van der Waals surface area (Å²) in [4.78, 5) is 30.3. The zero-order valence-corrected chi connectivity index (χ0v) is 24.2. The number of amides is 2. The number of pyridine rings is 1. The highest BCUT2D eigenvalue weighted by atomic mass is 19.4. The summed E-state index contributed by atoms with van der Waals surface area (Å²) in [6, 6.07) is 7.70. The highest BCUT2D eigenvalue weighted by molar-refractivity contribution is 5.94. The fourth-order valence-electron chi connectivity index (χ4n) is 6.06. The second kappa shape index (κ2) is 12.8. The van der Waals surface area contributed by atoms with Crippen LogP contribution in [0.4, 0.5) is 26.3 Å². The summed E-state index contributed by atoms with van der Waals surface area (Å²) in [6.07, 6.45) is -0.227. The maximum atomic E-state index is 14.3. The van der Waals surface area contributed by atoms with Gasteiger partial charge in [0.05, 0.1) is 22.9 Å². The molecule has 6 nitrogen and oxygen atoms in total. The van der Waals surface area contributed by atoms with Gasteiger partial charge in [-0.15, -0.1) is 0 Å². The molecule has 0 spiro atoms. The van der Waals surface area contributed by atoms with E-state index in [4.69, 9.17) is 5.73 Å². The van der Waals surface area contributed by atoms with Crippen LogP contribution in [0.3, 0.4) is 0 Å². The Hall–Kier alpha value is -4.61. The number of primary amides is 1. The van der Waals surface area contributed by atoms with Crippen molar-refractivity contribution >= 4 is 11.8 Å². The lowest BCUT2D eigenvalue weighted by Crippen LogP contribution is -2.37. The Morgan fingerprint density at radius 3 is 2.40 bits per heavy atom. The first-order chi connectivity index (χ1) is 21.4. The normalized spacial score (nSPS) is 14.5. The molecule has 45 heavy (non-hydrogen) atoms. The van der Waals surface area contributed by atoms with Crippen molar-refractivity contribution < 1.29 is 35.9 Å². The van der Waals surface area contributed by atoms with Crippen molar-refractivity contribution in [3.63, 3.8) is 0 Å². The molecule has 2 amide bonds.